The van der Waals surface area contributed by atoms with Crippen molar-refractivity contribution in [2.45, 2.75) is 31.8 Å². The number of likely N-dealkylation sites (tertiary alicyclic amines) is 1. The largest absolute Gasteiger partial charge is 0.409 e. The Morgan fingerprint density at radius 3 is 2.48 bits per heavy atom. The molecule has 1 saturated heterocycles. The van der Waals surface area contributed by atoms with Crippen LogP contribution in [0, 0.1) is 0 Å². The third-order valence-electron chi connectivity index (χ3n) is 3.89. The van der Waals surface area contributed by atoms with Gasteiger partial charge in [-0.1, -0.05) is 17.3 Å². The summed E-state index contributed by atoms with van der Waals surface area (Å²) in [4.78, 5) is 14.2. The second-order valence-corrected chi connectivity index (χ2v) is 5.71. The molecule has 6 heteroatoms. The molecule has 1 aliphatic rings. The van der Waals surface area contributed by atoms with Gasteiger partial charge in [0.25, 0.3) is 5.91 Å². The lowest BCUT2D eigenvalue weighted by atomic mass is 9.98. The number of hydrogen-bond donors (Lipinski definition) is 3. The molecule has 114 valence electrons. The van der Waals surface area contributed by atoms with Gasteiger partial charge in [0, 0.05) is 24.2 Å². The highest BCUT2D eigenvalue weighted by atomic mass is 16.4. The van der Waals surface area contributed by atoms with Crippen LogP contribution < -0.4 is 5.73 Å². The first-order chi connectivity index (χ1) is 9.93. The fourth-order valence-corrected chi connectivity index (χ4v) is 2.49. The summed E-state index contributed by atoms with van der Waals surface area (Å²) in [7, 11) is 0. The maximum Gasteiger partial charge on any atom is 0.253 e. The van der Waals surface area contributed by atoms with Crippen molar-refractivity contribution in [3.05, 3.63) is 35.4 Å². The maximum absolute atomic E-state index is 12.4. The van der Waals surface area contributed by atoms with Gasteiger partial charge in [0.15, 0.2) is 5.84 Å². The lowest BCUT2D eigenvalue weighted by Gasteiger charge is -2.22. The van der Waals surface area contributed by atoms with Crippen LogP contribution in [0.1, 0.15) is 42.1 Å². The molecule has 1 amide bonds. The number of aliphatic hydroxyl groups is 1. The van der Waals surface area contributed by atoms with Crippen molar-refractivity contribution in [1.82, 2.24) is 4.90 Å². The van der Waals surface area contributed by atoms with Crippen LogP contribution in [0.15, 0.2) is 29.4 Å². The fourth-order valence-electron chi connectivity index (χ4n) is 2.49. The summed E-state index contributed by atoms with van der Waals surface area (Å²) < 4.78 is 0. The van der Waals surface area contributed by atoms with Gasteiger partial charge in [0.05, 0.1) is 5.60 Å². The van der Waals surface area contributed by atoms with Gasteiger partial charge in [-0.05, 0) is 38.3 Å². The molecule has 0 bridgehead atoms. The maximum atomic E-state index is 12.4. The van der Waals surface area contributed by atoms with Gasteiger partial charge in [-0.3, -0.25) is 4.79 Å². The molecule has 0 spiro atoms. The predicted molar refractivity (Wildman–Crippen MR) is 79.3 cm³/mol. The molecular formula is C15H21N3O3. The molecule has 2 rings (SSSR count). The van der Waals surface area contributed by atoms with Crippen molar-refractivity contribution in [2.75, 3.05) is 13.1 Å². The predicted octanol–water partition coefficient (Wildman–Crippen LogP) is 1.16. The van der Waals surface area contributed by atoms with Crippen molar-refractivity contribution in [3.63, 3.8) is 0 Å². The highest BCUT2D eigenvalue weighted by Crippen LogP contribution is 2.22. The Balaban J connectivity index is 2.09. The SMILES string of the molecule is CC1(O)CCCN(C(=O)c2ccc(/C(N)=N/O)cc2)CC1. The van der Waals surface area contributed by atoms with E-state index >= 15 is 0 Å². The number of amides is 1. The minimum absolute atomic E-state index is 0.0137. The Morgan fingerprint density at radius 1 is 1.24 bits per heavy atom. The number of carbonyl (C=O) groups excluding carboxylic acids is 1. The average molecular weight is 291 g/mol. The monoisotopic (exact) mass is 291 g/mol. The van der Waals surface area contributed by atoms with Gasteiger partial charge in [-0.15, -0.1) is 0 Å². The smallest absolute Gasteiger partial charge is 0.253 e. The lowest BCUT2D eigenvalue weighted by molar-refractivity contribution is 0.0438. The third kappa shape index (κ3) is 3.72. The van der Waals surface area contributed by atoms with Gasteiger partial charge in [-0.25, -0.2) is 0 Å². The molecule has 1 aromatic carbocycles. The number of hydrogen-bond acceptors (Lipinski definition) is 4. The molecule has 1 heterocycles. The summed E-state index contributed by atoms with van der Waals surface area (Å²) >= 11 is 0. The Bertz CT molecular complexity index is 538. The number of amidine groups is 1. The summed E-state index contributed by atoms with van der Waals surface area (Å²) in [6.07, 6.45) is 2.08. The first-order valence-corrected chi connectivity index (χ1v) is 7.02. The van der Waals surface area contributed by atoms with E-state index in [1.165, 1.54) is 0 Å². The van der Waals surface area contributed by atoms with Crippen LogP contribution in [0.3, 0.4) is 0 Å². The highest BCUT2D eigenvalue weighted by molar-refractivity contribution is 5.99. The molecule has 6 nitrogen and oxygen atoms in total. The molecular weight excluding hydrogens is 270 g/mol. The minimum atomic E-state index is -0.690. The standard InChI is InChI=1S/C15H21N3O3/c1-15(20)7-2-9-18(10-8-15)14(19)12-5-3-11(4-6-12)13(16)17-21/h3-6,20-21H,2,7-10H2,1H3,(H2,16,17). The first kappa shape index (κ1) is 15.3. The first-order valence-electron chi connectivity index (χ1n) is 7.02. The quantitative estimate of drug-likeness (QED) is 0.329. The van der Waals surface area contributed by atoms with E-state index in [2.05, 4.69) is 5.16 Å². The van der Waals surface area contributed by atoms with Crippen LogP contribution >= 0.6 is 0 Å². The van der Waals surface area contributed by atoms with Gasteiger partial charge < -0.3 is 20.9 Å². The van der Waals surface area contributed by atoms with Crippen LogP contribution in [0.5, 0.6) is 0 Å². The zero-order valence-corrected chi connectivity index (χ0v) is 12.1. The summed E-state index contributed by atoms with van der Waals surface area (Å²) in [5.41, 5.74) is 5.93. The highest BCUT2D eigenvalue weighted by Gasteiger charge is 2.27. The Hall–Kier alpha value is -2.08. The van der Waals surface area contributed by atoms with Crippen molar-refractivity contribution in [3.8, 4) is 0 Å². The van der Waals surface area contributed by atoms with E-state index in [0.717, 1.165) is 6.42 Å². The van der Waals surface area contributed by atoms with Crippen LogP contribution in [0.2, 0.25) is 0 Å². The number of rotatable bonds is 2. The van der Waals surface area contributed by atoms with E-state index in [9.17, 15) is 9.90 Å². The van der Waals surface area contributed by atoms with Gasteiger partial charge in [-0.2, -0.15) is 0 Å². The molecule has 1 aliphatic heterocycles. The number of oxime groups is 1. The van der Waals surface area contributed by atoms with E-state index in [1.54, 1.807) is 29.2 Å². The number of nitrogens with zero attached hydrogens (tertiary/aromatic N) is 2. The number of carbonyl (C=O) groups is 1. The topological polar surface area (TPSA) is 99.2 Å². The second-order valence-electron chi connectivity index (χ2n) is 5.71. The van der Waals surface area contributed by atoms with E-state index in [-0.39, 0.29) is 11.7 Å². The molecule has 0 radical (unpaired) electrons. The van der Waals surface area contributed by atoms with E-state index in [1.807, 2.05) is 6.92 Å². The van der Waals surface area contributed by atoms with E-state index in [0.29, 0.717) is 37.1 Å². The lowest BCUT2D eigenvalue weighted by Crippen LogP contribution is -2.33. The number of benzene rings is 1. The Kier molecular flexibility index (Phi) is 4.47. The molecule has 21 heavy (non-hydrogen) atoms. The van der Waals surface area contributed by atoms with Crippen molar-refractivity contribution in [2.24, 2.45) is 10.9 Å². The van der Waals surface area contributed by atoms with Crippen LogP contribution in [-0.2, 0) is 0 Å². The molecule has 1 unspecified atom stereocenters. The zero-order valence-electron chi connectivity index (χ0n) is 12.1. The molecule has 0 aromatic heterocycles. The van der Waals surface area contributed by atoms with Gasteiger partial charge in [0.1, 0.15) is 0 Å². The molecule has 4 N–H and O–H groups in total. The van der Waals surface area contributed by atoms with Gasteiger partial charge >= 0.3 is 0 Å². The molecule has 0 aliphatic carbocycles. The van der Waals surface area contributed by atoms with E-state index in [4.69, 9.17) is 10.9 Å². The van der Waals surface area contributed by atoms with Crippen LogP contribution in [0.4, 0.5) is 0 Å². The third-order valence-corrected chi connectivity index (χ3v) is 3.89. The molecule has 0 saturated carbocycles. The molecule has 1 atom stereocenters. The van der Waals surface area contributed by atoms with Crippen molar-refractivity contribution >= 4 is 11.7 Å². The zero-order chi connectivity index (χ0) is 15.5. The molecule has 1 aromatic rings. The minimum Gasteiger partial charge on any atom is -0.409 e. The van der Waals surface area contributed by atoms with Crippen molar-refractivity contribution in [1.29, 1.82) is 0 Å². The summed E-state index contributed by atoms with van der Waals surface area (Å²) in [5.74, 6) is -0.0430. The average Bonchev–Trinajstić information content (AvgIpc) is 2.66. The van der Waals surface area contributed by atoms with Crippen molar-refractivity contribution < 1.29 is 15.1 Å². The normalized spacial score (nSPS) is 23.7. The Labute approximate surface area is 123 Å². The van der Waals surface area contributed by atoms with Crippen LogP contribution in [-0.4, -0.2) is 45.6 Å². The van der Waals surface area contributed by atoms with Crippen LogP contribution in [0.25, 0.3) is 0 Å². The summed E-state index contributed by atoms with van der Waals surface area (Å²) in [6.45, 7) is 3.01. The summed E-state index contributed by atoms with van der Waals surface area (Å²) in [5, 5.41) is 21.6. The van der Waals surface area contributed by atoms with E-state index < -0.39 is 5.60 Å². The number of nitrogens with two attached hydrogens (primary N) is 1. The Morgan fingerprint density at radius 2 is 1.86 bits per heavy atom. The fraction of sp³-hybridized carbons (Fsp3) is 0.467. The second kappa shape index (κ2) is 6.13. The van der Waals surface area contributed by atoms with Gasteiger partial charge in [0.2, 0.25) is 0 Å². The summed E-state index contributed by atoms with van der Waals surface area (Å²) in [6, 6.07) is 6.63. The molecule has 1 fully saturated rings.